The molecular formula is C24H45N3O6. The van der Waals surface area contributed by atoms with E-state index in [2.05, 4.69) is 27.7 Å². The van der Waals surface area contributed by atoms with Crippen LogP contribution >= 0.6 is 0 Å². The summed E-state index contributed by atoms with van der Waals surface area (Å²) in [5, 5.41) is 19.8. The van der Waals surface area contributed by atoms with Gasteiger partial charge in [-0.3, -0.25) is 14.8 Å². The first-order valence-electron chi connectivity index (χ1n) is 12.2. The molecule has 192 valence electrons. The van der Waals surface area contributed by atoms with Gasteiger partial charge in [0.05, 0.1) is 12.5 Å². The standard InChI is InChI=1S/C18H32N2O3.C4H8O.C2H5NO2/c1-17(2)9-10-20(18(17,3)4)16(22)15(12-19(23)13-21)11-14-7-5-6-8-14;1-2-4-5-3-1;1-3-2(4)5/h13-15,23H,5-12H2,1-4H3;1-4H2;3H,1H3,(H,4,5)/t15-;;/m1../s1. The van der Waals surface area contributed by atoms with Gasteiger partial charge in [-0.2, -0.15) is 0 Å². The molecule has 3 fully saturated rings. The van der Waals surface area contributed by atoms with Crippen molar-refractivity contribution >= 4 is 18.4 Å². The van der Waals surface area contributed by atoms with E-state index in [4.69, 9.17) is 9.84 Å². The lowest BCUT2D eigenvalue weighted by molar-refractivity contribution is -0.159. The molecule has 0 radical (unpaired) electrons. The Morgan fingerprint density at radius 3 is 2.06 bits per heavy atom. The largest absolute Gasteiger partial charge is 0.465 e. The fourth-order valence-electron chi connectivity index (χ4n) is 4.63. The average molecular weight is 472 g/mol. The lowest BCUT2D eigenvalue weighted by Crippen LogP contribution is -2.52. The Bertz CT molecular complexity index is 608. The monoisotopic (exact) mass is 471 g/mol. The van der Waals surface area contributed by atoms with E-state index < -0.39 is 6.09 Å². The molecule has 1 aliphatic carbocycles. The van der Waals surface area contributed by atoms with E-state index in [1.807, 2.05) is 10.2 Å². The maximum Gasteiger partial charge on any atom is 0.404 e. The molecule has 9 heteroatoms. The summed E-state index contributed by atoms with van der Waals surface area (Å²) in [5.74, 6) is 0.331. The molecule has 3 rings (SSSR count). The van der Waals surface area contributed by atoms with E-state index in [9.17, 15) is 19.6 Å². The highest BCUT2D eigenvalue weighted by molar-refractivity contribution is 5.80. The van der Waals surface area contributed by atoms with Crippen LogP contribution in [0.1, 0.15) is 79.1 Å². The maximum absolute atomic E-state index is 13.2. The van der Waals surface area contributed by atoms with Crippen LogP contribution < -0.4 is 5.32 Å². The number of nitrogens with one attached hydrogen (secondary N) is 1. The van der Waals surface area contributed by atoms with Crippen molar-refractivity contribution in [3.8, 4) is 0 Å². The SMILES string of the molecule is C1CCOC1.CC1(C)CCN(C(=O)[C@H](CC2CCCC2)CN(O)C=O)C1(C)C.CNC(=O)O. The van der Waals surface area contributed by atoms with Crippen molar-refractivity contribution in [3.63, 3.8) is 0 Å². The average Bonchev–Trinajstić information content (AvgIpc) is 3.52. The lowest BCUT2D eigenvalue weighted by atomic mass is 9.75. The van der Waals surface area contributed by atoms with Gasteiger partial charge < -0.3 is 20.1 Å². The van der Waals surface area contributed by atoms with Crippen LogP contribution in [0.25, 0.3) is 0 Å². The highest BCUT2D eigenvalue weighted by Crippen LogP contribution is 2.45. The first-order chi connectivity index (χ1) is 15.5. The van der Waals surface area contributed by atoms with Crippen molar-refractivity contribution in [1.29, 1.82) is 0 Å². The molecule has 0 aromatic heterocycles. The molecule has 3 amide bonds. The van der Waals surface area contributed by atoms with E-state index in [0.29, 0.717) is 17.4 Å². The van der Waals surface area contributed by atoms with Crippen LogP contribution in [0.4, 0.5) is 4.79 Å². The summed E-state index contributed by atoms with van der Waals surface area (Å²) in [7, 11) is 1.35. The number of carbonyl (C=O) groups excluding carboxylic acids is 2. The van der Waals surface area contributed by atoms with Crippen molar-refractivity contribution in [1.82, 2.24) is 15.3 Å². The van der Waals surface area contributed by atoms with Crippen LogP contribution in [0.15, 0.2) is 0 Å². The van der Waals surface area contributed by atoms with Gasteiger partial charge in [0.25, 0.3) is 0 Å². The first-order valence-corrected chi connectivity index (χ1v) is 12.2. The molecule has 2 saturated heterocycles. The second-order valence-electron chi connectivity index (χ2n) is 10.4. The number of ether oxygens (including phenoxy) is 1. The van der Waals surface area contributed by atoms with Gasteiger partial charge in [-0.05, 0) is 50.9 Å². The molecule has 0 spiro atoms. The highest BCUT2D eigenvalue weighted by Gasteiger charge is 2.50. The summed E-state index contributed by atoms with van der Waals surface area (Å²) in [6, 6.07) is 0. The van der Waals surface area contributed by atoms with Gasteiger partial charge in [0.15, 0.2) is 0 Å². The van der Waals surface area contributed by atoms with Gasteiger partial charge in [-0.25, -0.2) is 9.86 Å². The first kappa shape index (κ1) is 29.2. The zero-order chi connectivity index (χ0) is 25.1. The highest BCUT2D eigenvalue weighted by atomic mass is 16.5. The Hall–Kier alpha value is -1.87. The van der Waals surface area contributed by atoms with E-state index >= 15 is 0 Å². The zero-order valence-electron chi connectivity index (χ0n) is 21.1. The number of hydroxylamine groups is 2. The Balaban J connectivity index is 0.000000449. The van der Waals surface area contributed by atoms with Crippen LogP contribution in [-0.4, -0.2) is 77.6 Å². The third-order valence-electron chi connectivity index (χ3n) is 7.57. The molecule has 2 heterocycles. The normalized spacial score (nSPS) is 21.8. The van der Waals surface area contributed by atoms with E-state index in [-0.39, 0.29) is 29.3 Å². The molecule has 0 bridgehead atoms. The smallest absolute Gasteiger partial charge is 0.404 e. The van der Waals surface area contributed by atoms with E-state index in [1.165, 1.54) is 32.7 Å². The minimum absolute atomic E-state index is 0.0735. The molecule has 0 aromatic carbocycles. The van der Waals surface area contributed by atoms with Crippen molar-refractivity contribution < 1.29 is 29.4 Å². The molecule has 9 nitrogen and oxygen atoms in total. The van der Waals surface area contributed by atoms with Gasteiger partial charge in [0.2, 0.25) is 12.3 Å². The van der Waals surface area contributed by atoms with Crippen LogP contribution in [0.3, 0.4) is 0 Å². The molecular weight excluding hydrogens is 426 g/mol. The van der Waals surface area contributed by atoms with E-state index in [0.717, 1.165) is 45.4 Å². The van der Waals surface area contributed by atoms with Crippen LogP contribution in [-0.2, 0) is 14.3 Å². The van der Waals surface area contributed by atoms with Crippen LogP contribution in [0.2, 0.25) is 0 Å². The Morgan fingerprint density at radius 1 is 1.15 bits per heavy atom. The van der Waals surface area contributed by atoms with Crippen LogP contribution in [0.5, 0.6) is 0 Å². The van der Waals surface area contributed by atoms with Crippen molar-refractivity contribution in [2.45, 2.75) is 84.6 Å². The minimum Gasteiger partial charge on any atom is -0.465 e. The number of hydrogen-bond donors (Lipinski definition) is 3. The Kier molecular flexibility index (Phi) is 12.1. The third kappa shape index (κ3) is 9.12. The molecule has 2 aliphatic heterocycles. The maximum atomic E-state index is 13.2. The second kappa shape index (κ2) is 13.7. The fraction of sp³-hybridized carbons (Fsp3) is 0.875. The summed E-state index contributed by atoms with van der Waals surface area (Å²) >= 11 is 0. The predicted octanol–water partition coefficient (Wildman–Crippen LogP) is 3.75. The Labute approximate surface area is 198 Å². The van der Waals surface area contributed by atoms with Gasteiger partial charge in [0, 0.05) is 32.3 Å². The quantitative estimate of drug-likeness (QED) is 0.308. The number of rotatable bonds is 6. The van der Waals surface area contributed by atoms with Gasteiger partial charge in [0.1, 0.15) is 0 Å². The van der Waals surface area contributed by atoms with Gasteiger partial charge in [-0.1, -0.05) is 39.5 Å². The summed E-state index contributed by atoms with van der Waals surface area (Å²) in [4.78, 5) is 35.2. The molecule has 0 aromatic rings. The number of hydrogen-bond acceptors (Lipinski definition) is 5. The number of amides is 3. The van der Waals surface area contributed by atoms with Gasteiger partial charge in [-0.15, -0.1) is 0 Å². The van der Waals surface area contributed by atoms with Crippen molar-refractivity contribution in [2.24, 2.45) is 17.3 Å². The number of carbonyl (C=O) groups is 3. The molecule has 1 saturated carbocycles. The van der Waals surface area contributed by atoms with Crippen molar-refractivity contribution in [3.05, 3.63) is 0 Å². The third-order valence-corrected chi connectivity index (χ3v) is 7.57. The van der Waals surface area contributed by atoms with E-state index in [1.54, 1.807) is 0 Å². The number of nitrogens with zero attached hydrogens (tertiary/aromatic N) is 2. The summed E-state index contributed by atoms with van der Waals surface area (Å²) in [6.07, 6.45) is 8.48. The topological polar surface area (TPSA) is 119 Å². The van der Waals surface area contributed by atoms with Crippen molar-refractivity contribution in [2.75, 3.05) is 33.4 Å². The lowest BCUT2D eigenvalue weighted by Gasteiger charge is -2.42. The molecule has 0 unspecified atom stereocenters. The minimum atomic E-state index is -0.995. The number of carboxylic acid groups (broad SMARTS) is 1. The number of likely N-dealkylation sites (tertiary alicyclic amines) is 1. The van der Waals surface area contributed by atoms with Crippen LogP contribution in [0, 0.1) is 17.3 Å². The zero-order valence-corrected chi connectivity index (χ0v) is 21.1. The summed E-state index contributed by atoms with van der Waals surface area (Å²) < 4.78 is 4.94. The molecule has 1 atom stereocenters. The summed E-state index contributed by atoms with van der Waals surface area (Å²) in [5.41, 5.74) is -0.135. The Morgan fingerprint density at radius 2 is 1.70 bits per heavy atom. The molecule has 33 heavy (non-hydrogen) atoms. The summed E-state index contributed by atoms with van der Waals surface area (Å²) in [6.45, 7) is 11.5. The second-order valence-corrected chi connectivity index (χ2v) is 10.4. The van der Waals surface area contributed by atoms with Gasteiger partial charge >= 0.3 is 6.09 Å². The molecule has 3 N–H and O–H groups in total. The fourth-order valence-corrected chi connectivity index (χ4v) is 4.63. The molecule has 3 aliphatic rings. The predicted molar refractivity (Wildman–Crippen MR) is 126 cm³/mol.